The quantitative estimate of drug-likeness (QED) is 0.212. The first-order valence-electron chi connectivity index (χ1n) is 7.87. The number of nitro groups is 1. The van der Waals surface area contributed by atoms with Gasteiger partial charge in [-0.1, -0.05) is 0 Å². The van der Waals surface area contributed by atoms with E-state index < -0.39 is 34.0 Å². The molecule has 1 aromatic heterocycles. The van der Waals surface area contributed by atoms with E-state index in [4.69, 9.17) is 0 Å². The number of hydrogen-bond donors (Lipinski definition) is 2. The Labute approximate surface area is 164 Å². The van der Waals surface area contributed by atoms with Crippen LogP contribution in [0.25, 0.3) is 0 Å². The summed E-state index contributed by atoms with van der Waals surface area (Å²) in [6.07, 6.45) is -3.47. The van der Waals surface area contributed by atoms with Gasteiger partial charge in [0.15, 0.2) is 0 Å². The van der Waals surface area contributed by atoms with Gasteiger partial charge < -0.3 is 10.6 Å². The summed E-state index contributed by atoms with van der Waals surface area (Å²) in [6.45, 7) is -0.139. The van der Waals surface area contributed by atoms with E-state index >= 15 is 0 Å². The standard InChI is InChI=1S/C16H13F5N4O3S/c17-15(18)29-14-10(2-1-5-24-14)13(26)23-7-6-22-11-4-3-9(16(19,20)21)8-12(11)25(27)28/h1-5,8,15,22H,6-7H2,(H,23,26). The largest absolute Gasteiger partial charge is 0.416 e. The zero-order valence-corrected chi connectivity index (χ0v) is 15.2. The molecule has 0 unspecified atom stereocenters. The smallest absolute Gasteiger partial charge is 0.378 e. The number of alkyl halides is 5. The molecule has 1 aromatic carbocycles. The van der Waals surface area contributed by atoms with Crippen molar-refractivity contribution >= 4 is 29.0 Å². The molecule has 2 N–H and O–H groups in total. The summed E-state index contributed by atoms with van der Waals surface area (Å²) in [4.78, 5) is 25.9. The maximum Gasteiger partial charge on any atom is 0.416 e. The molecule has 0 bridgehead atoms. The van der Waals surface area contributed by atoms with Gasteiger partial charge in [-0.15, -0.1) is 0 Å². The number of pyridine rings is 1. The van der Waals surface area contributed by atoms with Crippen molar-refractivity contribution < 1.29 is 31.7 Å². The van der Waals surface area contributed by atoms with Crippen LogP contribution in [-0.2, 0) is 6.18 Å². The van der Waals surface area contributed by atoms with Crippen molar-refractivity contribution in [3.05, 3.63) is 57.8 Å². The number of nitrogens with one attached hydrogen (secondary N) is 2. The summed E-state index contributed by atoms with van der Waals surface area (Å²) in [7, 11) is 0. The van der Waals surface area contributed by atoms with Gasteiger partial charge in [-0.3, -0.25) is 14.9 Å². The highest BCUT2D eigenvalue weighted by molar-refractivity contribution is 7.99. The Bertz CT molecular complexity index is 895. The third kappa shape index (κ3) is 6.27. The summed E-state index contributed by atoms with van der Waals surface area (Å²) < 4.78 is 63.1. The van der Waals surface area contributed by atoms with Crippen molar-refractivity contribution in [1.29, 1.82) is 0 Å². The van der Waals surface area contributed by atoms with Gasteiger partial charge in [-0.2, -0.15) is 22.0 Å². The van der Waals surface area contributed by atoms with Gasteiger partial charge in [0.05, 0.1) is 16.1 Å². The second kappa shape index (κ2) is 9.49. The normalized spacial score (nSPS) is 11.4. The molecule has 0 radical (unpaired) electrons. The SMILES string of the molecule is O=C(NCCNc1ccc(C(F)(F)F)cc1[N+](=O)[O-])c1cccnc1SC(F)F. The number of thioether (sulfide) groups is 1. The minimum absolute atomic E-state index is 0.0600. The molecule has 13 heteroatoms. The molecule has 7 nitrogen and oxygen atoms in total. The van der Waals surface area contributed by atoms with Crippen LogP contribution in [0, 0.1) is 10.1 Å². The molecule has 0 aliphatic heterocycles. The number of nitrogens with zero attached hydrogens (tertiary/aromatic N) is 2. The average Bonchev–Trinajstić information content (AvgIpc) is 2.64. The van der Waals surface area contributed by atoms with Crippen LogP contribution in [-0.4, -0.2) is 34.7 Å². The van der Waals surface area contributed by atoms with Crippen LogP contribution in [0.5, 0.6) is 0 Å². The molecule has 0 saturated heterocycles. The molecule has 156 valence electrons. The lowest BCUT2D eigenvalue weighted by Gasteiger charge is -2.12. The molecule has 1 amide bonds. The first-order chi connectivity index (χ1) is 13.6. The van der Waals surface area contributed by atoms with E-state index in [1.807, 2.05) is 0 Å². The van der Waals surface area contributed by atoms with Gasteiger partial charge in [0.2, 0.25) is 0 Å². The first-order valence-corrected chi connectivity index (χ1v) is 8.75. The van der Waals surface area contributed by atoms with E-state index in [0.717, 1.165) is 6.07 Å². The second-order valence-electron chi connectivity index (χ2n) is 5.40. The fraction of sp³-hybridized carbons (Fsp3) is 0.250. The molecule has 0 saturated carbocycles. The van der Waals surface area contributed by atoms with Gasteiger partial charge in [-0.25, -0.2) is 4.98 Å². The van der Waals surface area contributed by atoms with Gasteiger partial charge in [0.1, 0.15) is 10.7 Å². The van der Waals surface area contributed by atoms with E-state index in [-0.39, 0.29) is 41.1 Å². The summed E-state index contributed by atoms with van der Waals surface area (Å²) >= 11 is 0.110. The van der Waals surface area contributed by atoms with Crippen molar-refractivity contribution in [1.82, 2.24) is 10.3 Å². The Hall–Kier alpha value is -2.96. The van der Waals surface area contributed by atoms with Crippen molar-refractivity contribution in [3.8, 4) is 0 Å². The molecule has 29 heavy (non-hydrogen) atoms. The maximum atomic E-state index is 12.7. The van der Waals surface area contributed by atoms with Crippen LogP contribution in [0.4, 0.5) is 33.3 Å². The van der Waals surface area contributed by atoms with E-state index in [9.17, 15) is 36.9 Å². The van der Waals surface area contributed by atoms with Crippen LogP contribution in [0.15, 0.2) is 41.6 Å². The number of carbonyl (C=O) groups excluding carboxylic acids is 1. The van der Waals surface area contributed by atoms with Crippen LogP contribution >= 0.6 is 11.8 Å². The van der Waals surface area contributed by atoms with E-state index in [1.165, 1.54) is 18.3 Å². The molecule has 1 heterocycles. The monoisotopic (exact) mass is 436 g/mol. The number of anilines is 1. The van der Waals surface area contributed by atoms with Crippen molar-refractivity contribution in [2.24, 2.45) is 0 Å². The molecule has 0 spiro atoms. The Morgan fingerprint density at radius 2 is 1.97 bits per heavy atom. The highest BCUT2D eigenvalue weighted by atomic mass is 32.2. The van der Waals surface area contributed by atoms with E-state index in [1.54, 1.807) is 0 Å². The molecular weight excluding hydrogens is 423 g/mol. The highest BCUT2D eigenvalue weighted by Crippen LogP contribution is 2.34. The topological polar surface area (TPSA) is 97.2 Å². The average molecular weight is 436 g/mol. The van der Waals surface area contributed by atoms with Crippen LogP contribution in [0.1, 0.15) is 15.9 Å². The molecule has 0 aliphatic rings. The summed E-state index contributed by atoms with van der Waals surface area (Å²) in [5, 5.41) is 15.8. The van der Waals surface area contributed by atoms with Gasteiger partial charge in [0, 0.05) is 25.4 Å². The minimum atomic E-state index is -4.73. The molecule has 0 fully saturated rings. The molecule has 0 aliphatic carbocycles. The highest BCUT2D eigenvalue weighted by Gasteiger charge is 2.33. The first kappa shape index (κ1) is 22.3. The van der Waals surface area contributed by atoms with Crippen LogP contribution < -0.4 is 10.6 Å². The number of aromatic nitrogens is 1. The maximum absolute atomic E-state index is 12.7. The third-order valence-electron chi connectivity index (χ3n) is 3.46. The number of amides is 1. The Balaban J connectivity index is 1.99. The van der Waals surface area contributed by atoms with Gasteiger partial charge in [0.25, 0.3) is 17.4 Å². The molecule has 0 atom stereocenters. The Kier molecular flexibility index (Phi) is 7.31. The number of hydrogen-bond acceptors (Lipinski definition) is 6. The van der Waals surface area contributed by atoms with Crippen molar-refractivity contribution in [3.63, 3.8) is 0 Å². The number of rotatable bonds is 8. The number of nitro benzene ring substituents is 1. The predicted octanol–water partition coefficient (Wildman–Crippen LogP) is 4.17. The molecular formula is C16H13F5N4O3S. The molecule has 2 aromatic rings. The summed E-state index contributed by atoms with van der Waals surface area (Å²) in [5.74, 6) is -3.46. The fourth-order valence-electron chi connectivity index (χ4n) is 2.22. The van der Waals surface area contributed by atoms with Crippen molar-refractivity contribution in [2.45, 2.75) is 17.0 Å². The second-order valence-corrected chi connectivity index (χ2v) is 6.38. The Morgan fingerprint density at radius 1 is 1.24 bits per heavy atom. The molecule has 2 rings (SSSR count). The Morgan fingerprint density at radius 3 is 2.59 bits per heavy atom. The van der Waals surface area contributed by atoms with Crippen LogP contribution in [0.3, 0.4) is 0 Å². The van der Waals surface area contributed by atoms with Gasteiger partial charge >= 0.3 is 6.18 Å². The van der Waals surface area contributed by atoms with E-state index in [2.05, 4.69) is 15.6 Å². The predicted molar refractivity (Wildman–Crippen MR) is 95.0 cm³/mol. The third-order valence-corrected chi connectivity index (χ3v) is 4.19. The van der Waals surface area contributed by atoms with Gasteiger partial charge in [-0.05, 0) is 36.0 Å². The minimum Gasteiger partial charge on any atom is -0.378 e. The number of carbonyl (C=O) groups is 1. The zero-order valence-electron chi connectivity index (χ0n) is 14.4. The summed E-state index contributed by atoms with van der Waals surface area (Å²) in [6, 6.07) is 4.72. The number of halogens is 5. The van der Waals surface area contributed by atoms with Crippen LogP contribution in [0.2, 0.25) is 0 Å². The van der Waals surface area contributed by atoms with Crippen molar-refractivity contribution in [2.75, 3.05) is 18.4 Å². The van der Waals surface area contributed by atoms with E-state index in [0.29, 0.717) is 12.1 Å². The summed E-state index contributed by atoms with van der Waals surface area (Å²) in [5.41, 5.74) is -2.16. The lowest BCUT2D eigenvalue weighted by molar-refractivity contribution is -0.384. The lowest BCUT2D eigenvalue weighted by atomic mass is 10.1. The zero-order chi connectivity index (χ0) is 21.6. The fourth-order valence-corrected chi connectivity index (χ4v) is 2.80. The lowest BCUT2D eigenvalue weighted by Crippen LogP contribution is -2.29. The number of benzene rings is 1.